The van der Waals surface area contributed by atoms with Crippen LogP contribution >= 0.6 is 0 Å². The zero-order chi connectivity index (χ0) is 10.6. The Morgan fingerprint density at radius 2 is 1.79 bits per heavy atom. The third-order valence-electron chi connectivity index (χ3n) is 3.62. The van der Waals surface area contributed by atoms with E-state index in [0.717, 1.165) is 31.6 Å². The van der Waals surface area contributed by atoms with E-state index in [9.17, 15) is 9.90 Å². The summed E-state index contributed by atoms with van der Waals surface area (Å²) in [7, 11) is 0. The highest BCUT2D eigenvalue weighted by atomic mass is 16.4. The molecule has 0 heterocycles. The van der Waals surface area contributed by atoms with Crippen LogP contribution in [0.25, 0.3) is 0 Å². The fourth-order valence-corrected chi connectivity index (χ4v) is 2.33. The second-order valence-corrected chi connectivity index (χ2v) is 5.11. The summed E-state index contributed by atoms with van der Waals surface area (Å²) in [6.07, 6.45) is 7.53. The second-order valence-electron chi connectivity index (χ2n) is 5.11. The van der Waals surface area contributed by atoms with Crippen LogP contribution in [0.4, 0.5) is 0 Å². The highest BCUT2D eigenvalue weighted by Gasteiger charge is 2.32. The summed E-state index contributed by atoms with van der Waals surface area (Å²) in [4.78, 5) is 11.1. The van der Waals surface area contributed by atoms with Crippen molar-refractivity contribution >= 4 is 5.97 Å². The van der Waals surface area contributed by atoms with Gasteiger partial charge in [0.1, 0.15) is 0 Å². The van der Waals surface area contributed by atoms with Crippen LogP contribution in [0.1, 0.15) is 58.8 Å². The number of carbonyl (C=O) groups is 1. The monoisotopic (exact) mass is 198 g/mol. The molecule has 0 aromatic carbocycles. The van der Waals surface area contributed by atoms with Gasteiger partial charge in [0.2, 0.25) is 0 Å². The van der Waals surface area contributed by atoms with Gasteiger partial charge in [-0.05, 0) is 25.7 Å². The summed E-state index contributed by atoms with van der Waals surface area (Å²) in [5, 5.41) is 9.17. The molecule has 1 saturated carbocycles. The van der Waals surface area contributed by atoms with Gasteiger partial charge in [-0.1, -0.05) is 39.0 Å². The van der Waals surface area contributed by atoms with Crippen molar-refractivity contribution in [3.8, 4) is 0 Å². The van der Waals surface area contributed by atoms with Crippen molar-refractivity contribution in [2.24, 2.45) is 11.3 Å². The zero-order valence-electron chi connectivity index (χ0n) is 9.38. The smallest absolute Gasteiger partial charge is 0.309 e. The second kappa shape index (κ2) is 4.81. The third-order valence-corrected chi connectivity index (χ3v) is 3.62. The molecule has 2 unspecified atom stereocenters. The van der Waals surface area contributed by atoms with E-state index in [1.54, 1.807) is 0 Å². The van der Waals surface area contributed by atoms with Crippen LogP contribution in [0.2, 0.25) is 0 Å². The van der Waals surface area contributed by atoms with E-state index in [-0.39, 0.29) is 0 Å². The van der Waals surface area contributed by atoms with Crippen molar-refractivity contribution in [1.82, 2.24) is 0 Å². The Morgan fingerprint density at radius 3 is 2.43 bits per heavy atom. The van der Waals surface area contributed by atoms with Gasteiger partial charge in [0, 0.05) is 0 Å². The topological polar surface area (TPSA) is 37.3 Å². The Hall–Kier alpha value is -0.530. The minimum atomic E-state index is -0.605. The number of hydrogen-bond acceptors (Lipinski definition) is 1. The van der Waals surface area contributed by atoms with Crippen LogP contribution in [0.5, 0.6) is 0 Å². The van der Waals surface area contributed by atoms with Gasteiger partial charge in [0.15, 0.2) is 0 Å². The van der Waals surface area contributed by atoms with Crippen molar-refractivity contribution < 1.29 is 9.90 Å². The molecule has 1 aliphatic carbocycles. The molecule has 0 radical (unpaired) electrons. The normalized spacial score (nSPS) is 35.4. The van der Waals surface area contributed by atoms with Gasteiger partial charge in [0.25, 0.3) is 0 Å². The summed E-state index contributed by atoms with van der Waals surface area (Å²) in [5.41, 5.74) is -0.454. The largest absolute Gasteiger partial charge is 0.481 e. The number of aliphatic carboxylic acids is 1. The van der Waals surface area contributed by atoms with Crippen LogP contribution in [0, 0.1) is 11.3 Å². The summed E-state index contributed by atoms with van der Waals surface area (Å²) in [5.74, 6) is 0.179. The van der Waals surface area contributed by atoms with E-state index in [1.807, 2.05) is 6.92 Å². The average molecular weight is 198 g/mol. The Kier molecular flexibility index (Phi) is 3.97. The molecule has 0 aliphatic heterocycles. The highest BCUT2D eigenvalue weighted by Crippen LogP contribution is 2.34. The number of carboxylic acids is 1. The van der Waals surface area contributed by atoms with Crippen LogP contribution in [-0.2, 0) is 4.79 Å². The Balaban J connectivity index is 2.57. The molecule has 1 N–H and O–H groups in total. The fraction of sp³-hybridized carbons (Fsp3) is 0.917. The fourth-order valence-electron chi connectivity index (χ4n) is 2.33. The predicted molar refractivity (Wildman–Crippen MR) is 57.2 cm³/mol. The maximum absolute atomic E-state index is 11.1. The molecule has 1 fully saturated rings. The maximum Gasteiger partial charge on any atom is 0.309 e. The molecule has 2 heteroatoms. The van der Waals surface area contributed by atoms with E-state index in [1.165, 1.54) is 19.3 Å². The van der Waals surface area contributed by atoms with Gasteiger partial charge in [0.05, 0.1) is 5.41 Å². The third kappa shape index (κ3) is 3.00. The first kappa shape index (κ1) is 11.5. The molecular formula is C12H22O2. The minimum absolute atomic E-state index is 0.454. The Morgan fingerprint density at radius 1 is 1.21 bits per heavy atom. The first-order valence-corrected chi connectivity index (χ1v) is 5.78. The molecule has 2 atom stereocenters. The van der Waals surface area contributed by atoms with Gasteiger partial charge in [-0.25, -0.2) is 0 Å². The molecule has 0 aromatic heterocycles. The molecular weight excluding hydrogens is 176 g/mol. The van der Waals surface area contributed by atoms with Crippen molar-refractivity contribution in [2.75, 3.05) is 0 Å². The summed E-state index contributed by atoms with van der Waals surface area (Å²) in [6, 6.07) is 0. The Labute approximate surface area is 86.7 Å². The first-order valence-electron chi connectivity index (χ1n) is 5.78. The van der Waals surface area contributed by atoms with Gasteiger partial charge in [-0.2, -0.15) is 0 Å². The van der Waals surface area contributed by atoms with Crippen LogP contribution in [-0.4, -0.2) is 11.1 Å². The molecule has 0 bridgehead atoms. The van der Waals surface area contributed by atoms with Crippen LogP contribution in [0.15, 0.2) is 0 Å². The molecule has 82 valence electrons. The number of hydrogen-bond donors (Lipinski definition) is 1. The average Bonchev–Trinajstić information content (AvgIpc) is 2.18. The first-order chi connectivity index (χ1) is 6.54. The molecule has 0 saturated heterocycles. The quantitative estimate of drug-likeness (QED) is 0.700. The van der Waals surface area contributed by atoms with E-state index in [0.29, 0.717) is 0 Å². The minimum Gasteiger partial charge on any atom is -0.481 e. The summed E-state index contributed by atoms with van der Waals surface area (Å²) >= 11 is 0. The van der Waals surface area contributed by atoms with E-state index in [2.05, 4.69) is 6.92 Å². The number of carboxylic acid groups (broad SMARTS) is 1. The highest BCUT2D eigenvalue weighted by molar-refractivity contribution is 5.74. The Bertz CT molecular complexity index is 200. The summed E-state index contributed by atoms with van der Waals surface area (Å²) < 4.78 is 0. The van der Waals surface area contributed by atoms with Crippen LogP contribution < -0.4 is 0 Å². The van der Waals surface area contributed by atoms with E-state index < -0.39 is 11.4 Å². The molecule has 0 aromatic rings. The van der Waals surface area contributed by atoms with Gasteiger partial charge in [-0.15, -0.1) is 0 Å². The van der Waals surface area contributed by atoms with Gasteiger partial charge < -0.3 is 5.11 Å². The van der Waals surface area contributed by atoms with Gasteiger partial charge >= 0.3 is 5.97 Å². The van der Waals surface area contributed by atoms with Crippen molar-refractivity contribution in [2.45, 2.75) is 58.8 Å². The zero-order valence-corrected chi connectivity index (χ0v) is 9.38. The standard InChI is InChI=1S/C12H22O2/c1-10-6-3-4-8-12(2,11(13)14)9-5-7-10/h10H,3-9H2,1-2H3,(H,13,14). The van der Waals surface area contributed by atoms with E-state index in [4.69, 9.17) is 0 Å². The SMILES string of the molecule is CC1CCCCC(C)(C(=O)O)CCC1. The maximum atomic E-state index is 11.1. The van der Waals surface area contributed by atoms with Crippen molar-refractivity contribution in [3.05, 3.63) is 0 Å². The molecule has 2 nitrogen and oxygen atoms in total. The van der Waals surface area contributed by atoms with E-state index >= 15 is 0 Å². The van der Waals surface area contributed by atoms with Gasteiger partial charge in [-0.3, -0.25) is 4.79 Å². The van der Waals surface area contributed by atoms with Crippen molar-refractivity contribution in [1.29, 1.82) is 0 Å². The molecule has 1 aliphatic rings. The lowest BCUT2D eigenvalue weighted by molar-refractivity contribution is -0.148. The molecule has 1 rings (SSSR count). The summed E-state index contributed by atoms with van der Waals surface area (Å²) in [6.45, 7) is 4.19. The number of rotatable bonds is 1. The molecule has 0 spiro atoms. The lowest BCUT2D eigenvalue weighted by atomic mass is 9.81. The predicted octanol–water partition coefficient (Wildman–Crippen LogP) is 3.46. The van der Waals surface area contributed by atoms with Crippen molar-refractivity contribution in [3.63, 3.8) is 0 Å². The van der Waals surface area contributed by atoms with Crippen LogP contribution in [0.3, 0.4) is 0 Å². The molecule has 0 amide bonds. The lowest BCUT2D eigenvalue weighted by Crippen LogP contribution is -2.27. The lowest BCUT2D eigenvalue weighted by Gasteiger charge is -2.23. The molecule has 14 heavy (non-hydrogen) atoms.